The van der Waals surface area contributed by atoms with Crippen LogP contribution in [-0.2, 0) is 0 Å². The molecule has 1 nitrogen and oxygen atoms in total. The molecule has 1 N–H and O–H groups in total. The van der Waals surface area contributed by atoms with Crippen molar-refractivity contribution in [1.82, 2.24) is 0 Å². The predicted octanol–water partition coefficient (Wildman–Crippen LogP) is 2.73. The van der Waals surface area contributed by atoms with Crippen LogP contribution in [0, 0.1) is 12.3 Å². The van der Waals surface area contributed by atoms with Crippen molar-refractivity contribution in [3.05, 3.63) is 0 Å². The molecule has 0 bridgehead atoms. The molecule has 0 saturated carbocycles. The summed E-state index contributed by atoms with van der Waals surface area (Å²) in [6, 6.07) is 0. The first-order valence-electron chi connectivity index (χ1n) is 4.82. The molecule has 0 spiro atoms. The molecule has 0 aromatic carbocycles. The van der Waals surface area contributed by atoms with Crippen molar-refractivity contribution < 1.29 is 5.11 Å². The van der Waals surface area contributed by atoms with Crippen LogP contribution in [0.25, 0.3) is 0 Å². The lowest BCUT2D eigenvalue weighted by molar-refractivity contribution is 0.109. The quantitative estimate of drug-likeness (QED) is 0.477. The Kier molecular flexibility index (Phi) is 5.84. The molecular weight excluding hydrogens is 148 g/mol. The van der Waals surface area contributed by atoms with E-state index in [4.69, 9.17) is 6.42 Å². The van der Waals surface area contributed by atoms with E-state index in [1.165, 1.54) is 25.7 Å². The monoisotopic (exact) mass is 168 g/mol. The molecule has 1 atom stereocenters. The molecule has 0 heterocycles. The first-order chi connectivity index (χ1) is 5.62. The van der Waals surface area contributed by atoms with Crippen molar-refractivity contribution in [2.45, 2.75) is 58.0 Å². The van der Waals surface area contributed by atoms with Crippen LogP contribution < -0.4 is 0 Å². The third kappa shape index (κ3) is 6.24. The van der Waals surface area contributed by atoms with Crippen LogP contribution in [0.15, 0.2) is 0 Å². The summed E-state index contributed by atoms with van der Waals surface area (Å²) in [6.07, 6.45) is 11.9. The third-order valence-electron chi connectivity index (χ3n) is 2.08. The highest BCUT2D eigenvalue weighted by Gasteiger charge is 2.14. The largest absolute Gasteiger partial charge is 0.378 e. The molecule has 70 valence electrons. The lowest BCUT2D eigenvalue weighted by Gasteiger charge is -2.15. The van der Waals surface area contributed by atoms with Gasteiger partial charge in [0.1, 0.15) is 5.60 Å². The molecular formula is C11H20O. The van der Waals surface area contributed by atoms with Gasteiger partial charge >= 0.3 is 0 Å². The average molecular weight is 168 g/mol. The van der Waals surface area contributed by atoms with Gasteiger partial charge in [0.2, 0.25) is 0 Å². The van der Waals surface area contributed by atoms with Crippen molar-refractivity contribution >= 4 is 0 Å². The topological polar surface area (TPSA) is 20.2 Å². The van der Waals surface area contributed by atoms with Gasteiger partial charge in [-0.25, -0.2) is 0 Å². The molecule has 1 heteroatoms. The summed E-state index contributed by atoms with van der Waals surface area (Å²) in [5, 5.41) is 9.44. The van der Waals surface area contributed by atoms with Crippen LogP contribution in [0.2, 0.25) is 0 Å². The van der Waals surface area contributed by atoms with E-state index in [0.717, 1.165) is 12.8 Å². The summed E-state index contributed by atoms with van der Waals surface area (Å²) in [5.74, 6) is 2.39. The Morgan fingerprint density at radius 1 is 1.25 bits per heavy atom. The van der Waals surface area contributed by atoms with Gasteiger partial charge in [-0.3, -0.25) is 0 Å². The molecule has 0 aliphatic heterocycles. The highest BCUT2D eigenvalue weighted by molar-refractivity contribution is 5.03. The van der Waals surface area contributed by atoms with Crippen LogP contribution in [0.4, 0.5) is 0 Å². The molecule has 0 unspecified atom stereocenters. The number of terminal acetylenes is 1. The van der Waals surface area contributed by atoms with Crippen molar-refractivity contribution in [2.24, 2.45) is 0 Å². The summed E-state index contributed by atoms with van der Waals surface area (Å²) >= 11 is 0. The van der Waals surface area contributed by atoms with Crippen LogP contribution >= 0.6 is 0 Å². The molecule has 0 radical (unpaired) electrons. The highest BCUT2D eigenvalue weighted by atomic mass is 16.3. The van der Waals surface area contributed by atoms with Crippen LogP contribution in [0.1, 0.15) is 52.4 Å². The Balaban J connectivity index is 3.27. The molecule has 0 rings (SSSR count). The van der Waals surface area contributed by atoms with E-state index >= 15 is 0 Å². The molecule has 0 amide bonds. The van der Waals surface area contributed by atoms with E-state index < -0.39 is 5.60 Å². The predicted molar refractivity (Wildman–Crippen MR) is 52.8 cm³/mol. The van der Waals surface area contributed by atoms with Gasteiger partial charge in [0.05, 0.1) is 0 Å². The number of unbranched alkanes of at least 4 members (excludes halogenated alkanes) is 4. The van der Waals surface area contributed by atoms with E-state index in [2.05, 4.69) is 12.8 Å². The van der Waals surface area contributed by atoms with E-state index in [-0.39, 0.29) is 0 Å². The van der Waals surface area contributed by atoms with Gasteiger partial charge in [-0.15, -0.1) is 6.42 Å². The summed E-state index contributed by atoms with van der Waals surface area (Å²) in [5.41, 5.74) is -0.883. The molecule has 0 saturated heterocycles. The fourth-order valence-corrected chi connectivity index (χ4v) is 1.14. The molecule has 0 aromatic heterocycles. The average Bonchev–Trinajstić information content (AvgIpc) is 2.04. The highest BCUT2D eigenvalue weighted by Crippen LogP contribution is 2.14. The standard InChI is InChI=1S/C11H20O/c1-4-6-7-8-9-10-11(3,12)5-2/h2,12H,4,6-10H2,1,3H3/t11-/m0/s1. The minimum atomic E-state index is -0.883. The van der Waals surface area contributed by atoms with Gasteiger partial charge in [0.15, 0.2) is 0 Å². The smallest absolute Gasteiger partial charge is 0.122 e. The fourth-order valence-electron chi connectivity index (χ4n) is 1.14. The zero-order chi connectivity index (χ0) is 9.45. The lowest BCUT2D eigenvalue weighted by atomic mass is 9.99. The molecule has 0 aromatic rings. The Morgan fingerprint density at radius 2 is 1.83 bits per heavy atom. The fraction of sp³-hybridized carbons (Fsp3) is 0.818. The molecule has 0 fully saturated rings. The van der Waals surface area contributed by atoms with Gasteiger partial charge in [-0.2, -0.15) is 0 Å². The zero-order valence-electron chi connectivity index (χ0n) is 8.27. The minimum Gasteiger partial charge on any atom is -0.378 e. The lowest BCUT2D eigenvalue weighted by Crippen LogP contribution is -2.20. The molecule has 0 aliphatic carbocycles. The minimum absolute atomic E-state index is 0.729. The Labute approximate surface area is 76.2 Å². The summed E-state index contributed by atoms with van der Waals surface area (Å²) in [7, 11) is 0. The van der Waals surface area contributed by atoms with Gasteiger partial charge in [0.25, 0.3) is 0 Å². The number of aliphatic hydroxyl groups is 1. The maximum absolute atomic E-state index is 9.44. The summed E-state index contributed by atoms with van der Waals surface area (Å²) in [4.78, 5) is 0. The van der Waals surface area contributed by atoms with Gasteiger partial charge in [-0.1, -0.05) is 38.5 Å². The molecule has 12 heavy (non-hydrogen) atoms. The molecule has 0 aliphatic rings. The van der Waals surface area contributed by atoms with Crippen molar-refractivity contribution in [3.8, 4) is 12.3 Å². The number of rotatable bonds is 6. The number of hydrogen-bond acceptors (Lipinski definition) is 1. The Morgan fingerprint density at radius 3 is 2.33 bits per heavy atom. The summed E-state index contributed by atoms with van der Waals surface area (Å²) < 4.78 is 0. The first-order valence-corrected chi connectivity index (χ1v) is 4.82. The first kappa shape index (κ1) is 11.5. The second kappa shape index (κ2) is 6.08. The maximum Gasteiger partial charge on any atom is 0.122 e. The second-order valence-corrected chi connectivity index (χ2v) is 3.58. The second-order valence-electron chi connectivity index (χ2n) is 3.58. The van der Waals surface area contributed by atoms with E-state index in [0.29, 0.717) is 0 Å². The van der Waals surface area contributed by atoms with Crippen LogP contribution in [0.3, 0.4) is 0 Å². The van der Waals surface area contributed by atoms with Crippen molar-refractivity contribution in [1.29, 1.82) is 0 Å². The van der Waals surface area contributed by atoms with E-state index in [9.17, 15) is 5.11 Å². The van der Waals surface area contributed by atoms with Crippen molar-refractivity contribution in [2.75, 3.05) is 0 Å². The third-order valence-corrected chi connectivity index (χ3v) is 2.08. The van der Waals surface area contributed by atoms with Gasteiger partial charge in [0, 0.05) is 0 Å². The maximum atomic E-state index is 9.44. The van der Waals surface area contributed by atoms with Gasteiger partial charge in [-0.05, 0) is 19.8 Å². The zero-order valence-corrected chi connectivity index (χ0v) is 8.27. The van der Waals surface area contributed by atoms with Gasteiger partial charge < -0.3 is 5.11 Å². The van der Waals surface area contributed by atoms with E-state index in [1.807, 2.05) is 0 Å². The normalized spacial score (nSPS) is 15.2. The van der Waals surface area contributed by atoms with E-state index in [1.54, 1.807) is 6.92 Å². The summed E-state index contributed by atoms with van der Waals surface area (Å²) in [6.45, 7) is 3.89. The van der Waals surface area contributed by atoms with Crippen LogP contribution in [0.5, 0.6) is 0 Å². The van der Waals surface area contributed by atoms with Crippen LogP contribution in [-0.4, -0.2) is 10.7 Å². The Hall–Kier alpha value is -0.480. The van der Waals surface area contributed by atoms with Crippen molar-refractivity contribution in [3.63, 3.8) is 0 Å². The number of hydrogen-bond donors (Lipinski definition) is 1. The Bertz CT molecular complexity index is 142. The SMILES string of the molecule is C#C[C@](C)(O)CCCCCCC.